The molecule has 6 nitrogen and oxygen atoms in total. The molecule has 3 N–H and O–H groups in total. The maximum Gasteiger partial charge on any atom is 0.220 e. The van der Waals surface area contributed by atoms with Gasteiger partial charge in [-0.25, -0.2) is 8.42 Å². The first-order chi connectivity index (χ1) is 10.9. The number of nitrogens with zero attached hydrogens (tertiary/aromatic N) is 1. The standard InChI is InChI=1S/C15H23ClN4O2S.ClH/c1-10-15(11(2)19-18-10)23(21,22)20-7-6-17-9-14(20)12-4-3-5-13(16)8-12;/h3-5,8,10-11,14-15,17-19H,6-7,9H2,1-2H3;1H. The van der Waals surface area contributed by atoms with Crippen LogP contribution in [0.15, 0.2) is 24.3 Å². The van der Waals surface area contributed by atoms with Crippen molar-refractivity contribution in [1.82, 2.24) is 20.5 Å². The van der Waals surface area contributed by atoms with Gasteiger partial charge in [0, 0.05) is 36.7 Å². The van der Waals surface area contributed by atoms with E-state index in [1.54, 1.807) is 10.4 Å². The molecule has 0 aliphatic carbocycles. The molecule has 2 aliphatic rings. The van der Waals surface area contributed by atoms with E-state index in [2.05, 4.69) is 16.2 Å². The van der Waals surface area contributed by atoms with Crippen LogP contribution < -0.4 is 16.2 Å². The van der Waals surface area contributed by atoms with Gasteiger partial charge in [0.1, 0.15) is 5.25 Å². The van der Waals surface area contributed by atoms with Crippen LogP contribution in [0.1, 0.15) is 25.5 Å². The third-order valence-electron chi connectivity index (χ3n) is 4.62. The largest absolute Gasteiger partial charge is 0.313 e. The van der Waals surface area contributed by atoms with E-state index in [1.807, 2.05) is 32.0 Å². The number of hydrogen-bond acceptors (Lipinski definition) is 5. The van der Waals surface area contributed by atoms with E-state index in [1.165, 1.54) is 0 Å². The van der Waals surface area contributed by atoms with Gasteiger partial charge in [-0.2, -0.15) is 4.31 Å². The zero-order chi connectivity index (χ0) is 16.6. The van der Waals surface area contributed by atoms with Gasteiger partial charge in [-0.15, -0.1) is 12.4 Å². The Labute approximate surface area is 154 Å². The fourth-order valence-corrected chi connectivity index (χ4v) is 6.10. The lowest BCUT2D eigenvalue weighted by Crippen LogP contribution is -2.54. The van der Waals surface area contributed by atoms with E-state index >= 15 is 0 Å². The second-order valence-electron chi connectivity index (χ2n) is 6.26. The Kier molecular flexibility index (Phi) is 6.52. The molecule has 3 rings (SSSR count). The molecule has 2 saturated heterocycles. The summed E-state index contributed by atoms with van der Waals surface area (Å²) in [5.41, 5.74) is 6.99. The van der Waals surface area contributed by atoms with Crippen LogP contribution in [0, 0.1) is 0 Å². The smallest absolute Gasteiger partial charge is 0.220 e. The van der Waals surface area contributed by atoms with Gasteiger partial charge in [-0.3, -0.25) is 10.9 Å². The Morgan fingerprint density at radius 2 is 1.88 bits per heavy atom. The van der Waals surface area contributed by atoms with Crippen molar-refractivity contribution >= 4 is 34.0 Å². The molecule has 0 aromatic heterocycles. The molecule has 0 radical (unpaired) electrons. The van der Waals surface area contributed by atoms with Crippen molar-refractivity contribution in [3.05, 3.63) is 34.9 Å². The van der Waals surface area contributed by atoms with Crippen LogP contribution in [0.25, 0.3) is 0 Å². The van der Waals surface area contributed by atoms with Gasteiger partial charge in [-0.1, -0.05) is 23.7 Å². The highest BCUT2D eigenvalue weighted by atomic mass is 35.5. The summed E-state index contributed by atoms with van der Waals surface area (Å²) in [4.78, 5) is 0. The van der Waals surface area contributed by atoms with Gasteiger partial charge in [-0.05, 0) is 31.5 Å². The third kappa shape index (κ3) is 3.72. The van der Waals surface area contributed by atoms with Crippen LogP contribution in [-0.2, 0) is 10.0 Å². The van der Waals surface area contributed by atoms with Crippen molar-refractivity contribution in [2.75, 3.05) is 19.6 Å². The van der Waals surface area contributed by atoms with Gasteiger partial charge >= 0.3 is 0 Å². The minimum Gasteiger partial charge on any atom is -0.313 e. The average molecular weight is 395 g/mol. The first-order valence-corrected chi connectivity index (χ1v) is 9.77. The van der Waals surface area contributed by atoms with Gasteiger partial charge in [0.2, 0.25) is 10.0 Å². The number of rotatable bonds is 3. The molecule has 2 fully saturated rings. The zero-order valence-corrected chi connectivity index (χ0v) is 16.1. The SMILES string of the molecule is CC1NNC(C)C1S(=O)(=O)N1CCNCC1c1cccc(Cl)c1.Cl. The molecule has 3 unspecified atom stereocenters. The van der Waals surface area contributed by atoms with Crippen LogP contribution in [-0.4, -0.2) is 49.7 Å². The van der Waals surface area contributed by atoms with Gasteiger partial charge in [0.25, 0.3) is 0 Å². The molecule has 2 heterocycles. The lowest BCUT2D eigenvalue weighted by Gasteiger charge is -2.38. The number of benzene rings is 1. The Morgan fingerprint density at radius 1 is 1.21 bits per heavy atom. The number of hydrazine groups is 1. The monoisotopic (exact) mass is 394 g/mol. The van der Waals surface area contributed by atoms with E-state index < -0.39 is 15.3 Å². The summed E-state index contributed by atoms with van der Waals surface area (Å²) in [6.45, 7) is 5.52. The molecule has 24 heavy (non-hydrogen) atoms. The molecule has 1 aromatic carbocycles. The molecule has 0 saturated carbocycles. The summed E-state index contributed by atoms with van der Waals surface area (Å²) in [5.74, 6) is 0. The number of nitrogens with one attached hydrogen (secondary N) is 3. The van der Waals surface area contributed by atoms with Crippen LogP contribution in [0.4, 0.5) is 0 Å². The van der Waals surface area contributed by atoms with Crippen molar-refractivity contribution in [1.29, 1.82) is 0 Å². The lowest BCUT2D eigenvalue weighted by molar-refractivity contribution is 0.267. The summed E-state index contributed by atoms with van der Waals surface area (Å²) >= 11 is 6.09. The van der Waals surface area contributed by atoms with Crippen molar-refractivity contribution < 1.29 is 8.42 Å². The first-order valence-electron chi connectivity index (χ1n) is 7.89. The minimum absolute atomic E-state index is 0. The molecular formula is C15H24Cl2N4O2S. The van der Waals surface area contributed by atoms with E-state index in [-0.39, 0.29) is 30.5 Å². The number of halogens is 2. The number of hydrogen-bond donors (Lipinski definition) is 3. The highest BCUT2D eigenvalue weighted by molar-refractivity contribution is 7.89. The topological polar surface area (TPSA) is 73.5 Å². The summed E-state index contributed by atoms with van der Waals surface area (Å²) in [7, 11) is -3.45. The van der Waals surface area contributed by atoms with Crippen molar-refractivity contribution in [2.24, 2.45) is 0 Å². The Bertz CT molecular complexity index is 663. The molecule has 9 heteroatoms. The lowest BCUT2D eigenvalue weighted by atomic mass is 10.1. The maximum atomic E-state index is 13.3. The molecule has 0 amide bonds. The first kappa shape index (κ1) is 19.9. The fraction of sp³-hybridized carbons (Fsp3) is 0.600. The number of sulfonamides is 1. The number of piperazine rings is 1. The molecule has 3 atom stereocenters. The van der Waals surface area contributed by atoms with Gasteiger partial charge in [0.05, 0.1) is 6.04 Å². The molecular weight excluding hydrogens is 371 g/mol. The van der Waals surface area contributed by atoms with Crippen molar-refractivity contribution in [3.63, 3.8) is 0 Å². The van der Waals surface area contributed by atoms with E-state index in [4.69, 9.17) is 11.6 Å². The Balaban J connectivity index is 0.00000208. The predicted octanol–water partition coefficient (Wildman–Crippen LogP) is 1.29. The summed E-state index contributed by atoms with van der Waals surface area (Å²) in [5, 5.41) is 3.43. The summed E-state index contributed by atoms with van der Waals surface area (Å²) in [6.07, 6.45) is 0. The highest BCUT2D eigenvalue weighted by Crippen LogP contribution is 2.31. The minimum atomic E-state index is -3.45. The normalized spacial score (nSPS) is 31.6. The quantitative estimate of drug-likeness (QED) is 0.720. The second-order valence-corrected chi connectivity index (χ2v) is 8.74. The molecule has 136 valence electrons. The predicted molar refractivity (Wildman–Crippen MR) is 98.9 cm³/mol. The van der Waals surface area contributed by atoms with E-state index in [0.717, 1.165) is 5.56 Å². The Hall–Kier alpha value is -0.410. The fourth-order valence-electron chi connectivity index (χ4n) is 3.52. The van der Waals surface area contributed by atoms with Gasteiger partial charge < -0.3 is 5.32 Å². The molecule has 1 aromatic rings. The van der Waals surface area contributed by atoms with Gasteiger partial charge in [0.15, 0.2) is 0 Å². The molecule has 0 spiro atoms. The van der Waals surface area contributed by atoms with Crippen LogP contribution in [0.5, 0.6) is 0 Å². The van der Waals surface area contributed by atoms with Crippen molar-refractivity contribution in [3.8, 4) is 0 Å². The van der Waals surface area contributed by atoms with Crippen molar-refractivity contribution in [2.45, 2.75) is 37.2 Å². The van der Waals surface area contributed by atoms with E-state index in [9.17, 15) is 8.42 Å². The highest BCUT2D eigenvalue weighted by Gasteiger charge is 2.46. The van der Waals surface area contributed by atoms with E-state index in [0.29, 0.717) is 24.7 Å². The van der Waals surface area contributed by atoms with Crippen LogP contribution >= 0.6 is 24.0 Å². The Morgan fingerprint density at radius 3 is 2.50 bits per heavy atom. The van der Waals surface area contributed by atoms with Crippen LogP contribution in [0.2, 0.25) is 5.02 Å². The van der Waals surface area contributed by atoms with Crippen LogP contribution in [0.3, 0.4) is 0 Å². The molecule has 2 aliphatic heterocycles. The summed E-state index contributed by atoms with van der Waals surface area (Å²) in [6, 6.07) is 6.95. The maximum absolute atomic E-state index is 13.3. The average Bonchev–Trinajstić information content (AvgIpc) is 2.87. The summed E-state index contributed by atoms with van der Waals surface area (Å²) < 4.78 is 28.2. The zero-order valence-electron chi connectivity index (χ0n) is 13.7. The third-order valence-corrected chi connectivity index (χ3v) is 7.45. The molecule has 0 bridgehead atoms. The second kappa shape index (κ2) is 7.86.